The van der Waals surface area contributed by atoms with Gasteiger partial charge in [0.1, 0.15) is 6.54 Å². The van der Waals surface area contributed by atoms with Crippen molar-refractivity contribution in [3.05, 3.63) is 58.6 Å². The summed E-state index contributed by atoms with van der Waals surface area (Å²) in [5.74, 6) is -0.861. The molecule has 0 bridgehead atoms. The lowest BCUT2D eigenvalue weighted by Crippen LogP contribution is -2.39. The van der Waals surface area contributed by atoms with Gasteiger partial charge >= 0.3 is 6.18 Å². The summed E-state index contributed by atoms with van der Waals surface area (Å²) < 4.78 is 63.8. The molecule has 0 heterocycles. The number of rotatable bonds is 7. The van der Waals surface area contributed by atoms with E-state index in [0.29, 0.717) is 15.9 Å². The van der Waals surface area contributed by atoms with Crippen molar-refractivity contribution in [2.45, 2.75) is 6.18 Å². The first-order chi connectivity index (χ1) is 14.3. The van der Waals surface area contributed by atoms with Gasteiger partial charge < -0.3 is 4.90 Å². The molecule has 0 spiro atoms. The quantitative estimate of drug-likeness (QED) is 0.491. The SMILES string of the molecule is CN(C)c1ccc(/C=N\NC(=O)CN(c2cc(C(F)(F)F)ccc2Cl)S(C)(=O)=O)cc1. The summed E-state index contributed by atoms with van der Waals surface area (Å²) in [6, 6.07) is 9.41. The zero-order valence-corrected chi connectivity index (χ0v) is 18.4. The Balaban J connectivity index is 2.18. The Morgan fingerprint density at radius 2 is 1.77 bits per heavy atom. The van der Waals surface area contributed by atoms with Gasteiger partial charge in [0.25, 0.3) is 5.91 Å². The molecular formula is C19H20ClF3N4O3S. The van der Waals surface area contributed by atoms with E-state index in [1.54, 1.807) is 12.1 Å². The number of sulfonamides is 1. The van der Waals surface area contributed by atoms with Crippen molar-refractivity contribution in [1.82, 2.24) is 5.43 Å². The Labute approximate surface area is 183 Å². The number of alkyl halides is 3. The monoisotopic (exact) mass is 476 g/mol. The number of hydrazone groups is 1. The lowest BCUT2D eigenvalue weighted by molar-refractivity contribution is -0.137. The first-order valence-electron chi connectivity index (χ1n) is 8.73. The van der Waals surface area contributed by atoms with Crippen molar-refractivity contribution in [3.63, 3.8) is 0 Å². The summed E-state index contributed by atoms with van der Waals surface area (Å²) in [6.45, 7) is -0.809. The van der Waals surface area contributed by atoms with Crippen LogP contribution in [0.4, 0.5) is 24.5 Å². The summed E-state index contributed by atoms with van der Waals surface area (Å²) in [6.07, 6.45) is -2.61. The van der Waals surface area contributed by atoms with E-state index >= 15 is 0 Å². The molecule has 1 amide bonds. The van der Waals surface area contributed by atoms with E-state index in [0.717, 1.165) is 24.1 Å². The topological polar surface area (TPSA) is 82.1 Å². The van der Waals surface area contributed by atoms with Crippen LogP contribution in [0.3, 0.4) is 0 Å². The third-order valence-electron chi connectivity index (χ3n) is 4.04. The fourth-order valence-corrected chi connectivity index (χ4v) is 3.59. The number of carbonyl (C=O) groups is 1. The highest BCUT2D eigenvalue weighted by Gasteiger charge is 2.33. The summed E-state index contributed by atoms with van der Waals surface area (Å²) >= 11 is 5.91. The lowest BCUT2D eigenvalue weighted by atomic mass is 10.2. The van der Waals surface area contributed by atoms with E-state index < -0.39 is 39.9 Å². The van der Waals surface area contributed by atoms with Crippen LogP contribution >= 0.6 is 11.6 Å². The van der Waals surface area contributed by atoms with Crippen molar-refractivity contribution in [2.24, 2.45) is 5.10 Å². The maximum Gasteiger partial charge on any atom is 0.416 e. The minimum absolute atomic E-state index is 0.254. The standard InChI is InChI=1S/C19H20ClF3N4O3S/c1-26(2)15-7-4-13(5-8-15)11-24-25-18(28)12-27(31(3,29)30)17-10-14(19(21,22)23)6-9-16(17)20/h4-11H,12H2,1-3H3,(H,25,28)/b24-11-. The van der Waals surface area contributed by atoms with Crippen LogP contribution in [0.1, 0.15) is 11.1 Å². The second-order valence-electron chi connectivity index (χ2n) is 6.71. The van der Waals surface area contributed by atoms with E-state index in [2.05, 4.69) is 10.5 Å². The van der Waals surface area contributed by atoms with Gasteiger partial charge in [0.05, 0.1) is 28.7 Å². The maximum atomic E-state index is 13.0. The number of nitrogens with one attached hydrogen (secondary N) is 1. The van der Waals surface area contributed by atoms with Crippen LogP contribution < -0.4 is 14.6 Å². The summed E-state index contributed by atoms with van der Waals surface area (Å²) in [4.78, 5) is 14.1. The molecule has 168 valence electrons. The van der Waals surface area contributed by atoms with Crippen molar-refractivity contribution >= 4 is 45.1 Å². The minimum atomic E-state index is -4.71. The van der Waals surface area contributed by atoms with Crippen LogP contribution in [0.15, 0.2) is 47.6 Å². The molecule has 2 aromatic rings. The van der Waals surface area contributed by atoms with Gasteiger partial charge in [-0.1, -0.05) is 23.7 Å². The van der Waals surface area contributed by atoms with E-state index in [1.807, 2.05) is 31.1 Å². The van der Waals surface area contributed by atoms with Gasteiger partial charge in [0.2, 0.25) is 10.0 Å². The molecule has 0 saturated heterocycles. The fraction of sp³-hybridized carbons (Fsp3) is 0.263. The number of amides is 1. The van der Waals surface area contributed by atoms with Gasteiger partial charge in [-0.3, -0.25) is 9.10 Å². The van der Waals surface area contributed by atoms with Gasteiger partial charge in [-0.05, 0) is 35.9 Å². The third kappa shape index (κ3) is 6.86. The minimum Gasteiger partial charge on any atom is -0.378 e. The number of hydrogen-bond donors (Lipinski definition) is 1. The predicted molar refractivity (Wildman–Crippen MR) is 115 cm³/mol. The largest absolute Gasteiger partial charge is 0.416 e. The Kier molecular flexibility index (Phi) is 7.55. The smallest absolute Gasteiger partial charge is 0.378 e. The normalized spacial score (nSPS) is 12.1. The van der Waals surface area contributed by atoms with Crippen molar-refractivity contribution in [1.29, 1.82) is 0 Å². The van der Waals surface area contributed by atoms with Crippen LogP contribution in [0, 0.1) is 0 Å². The average molecular weight is 477 g/mol. The Morgan fingerprint density at radius 3 is 2.29 bits per heavy atom. The first-order valence-corrected chi connectivity index (χ1v) is 11.0. The molecular weight excluding hydrogens is 457 g/mol. The van der Waals surface area contributed by atoms with Gasteiger partial charge in [-0.2, -0.15) is 18.3 Å². The molecule has 0 saturated carbocycles. The molecule has 0 atom stereocenters. The second-order valence-corrected chi connectivity index (χ2v) is 9.03. The Bertz CT molecular complexity index is 1070. The number of benzene rings is 2. The number of anilines is 2. The van der Waals surface area contributed by atoms with Crippen molar-refractivity contribution < 1.29 is 26.4 Å². The molecule has 0 unspecified atom stereocenters. The van der Waals surface area contributed by atoms with E-state index in [4.69, 9.17) is 11.6 Å². The van der Waals surface area contributed by atoms with Gasteiger partial charge in [-0.15, -0.1) is 0 Å². The Hall–Kier alpha value is -2.79. The number of hydrogen-bond acceptors (Lipinski definition) is 5. The predicted octanol–water partition coefficient (Wildman–Crippen LogP) is 3.34. The second kappa shape index (κ2) is 9.56. The highest BCUT2D eigenvalue weighted by molar-refractivity contribution is 7.92. The van der Waals surface area contributed by atoms with E-state index in [9.17, 15) is 26.4 Å². The molecule has 2 rings (SSSR count). The molecule has 31 heavy (non-hydrogen) atoms. The van der Waals surface area contributed by atoms with E-state index in [-0.39, 0.29) is 5.02 Å². The van der Waals surface area contributed by atoms with Crippen molar-refractivity contribution in [3.8, 4) is 0 Å². The summed E-state index contributed by atoms with van der Waals surface area (Å²) in [5, 5.41) is 3.50. The molecule has 12 heteroatoms. The number of carbonyl (C=O) groups excluding carboxylic acids is 1. The number of nitrogens with zero attached hydrogens (tertiary/aromatic N) is 3. The molecule has 0 radical (unpaired) electrons. The highest BCUT2D eigenvalue weighted by atomic mass is 35.5. The summed E-state index contributed by atoms with van der Waals surface area (Å²) in [5.41, 5.74) is 2.23. The van der Waals surface area contributed by atoms with Gasteiger partial charge in [0.15, 0.2) is 0 Å². The zero-order chi connectivity index (χ0) is 23.4. The molecule has 2 aromatic carbocycles. The molecule has 0 aliphatic carbocycles. The molecule has 1 N–H and O–H groups in total. The average Bonchev–Trinajstić information content (AvgIpc) is 2.65. The molecule has 0 aliphatic rings. The molecule has 0 aliphatic heterocycles. The zero-order valence-electron chi connectivity index (χ0n) is 16.8. The van der Waals surface area contributed by atoms with Gasteiger partial charge in [-0.25, -0.2) is 13.8 Å². The fourth-order valence-electron chi connectivity index (χ4n) is 2.46. The van der Waals surface area contributed by atoms with Gasteiger partial charge in [0, 0.05) is 19.8 Å². The van der Waals surface area contributed by atoms with Crippen LogP contribution in [-0.2, 0) is 21.0 Å². The maximum absolute atomic E-state index is 13.0. The summed E-state index contributed by atoms with van der Waals surface area (Å²) in [7, 11) is -0.359. The van der Waals surface area contributed by atoms with Crippen LogP contribution in [0.5, 0.6) is 0 Å². The van der Waals surface area contributed by atoms with E-state index in [1.165, 1.54) is 6.21 Å². The van der Waals surface area contributed by atoms with Crippen LogP contribution in [-0.4, -0.2) is 47.4 Å². The first kappa shape index (κ1) is 24.5. The molecule has 7 nitrogen and oxygen atoms in total. The Morgan fingerprint density at radius 1 is 1.16 bits per heavy atom. The molecule has 0 aromatic heterocycles. The highest BCUT2D eigenvalue weighted by Crippen LogP contribution is 2.36. The lowest BCUT2D eigenvalue weighted by Gasteiger charge is -2.23. The van der Waals surface area contributed by atoms with Crippen molar-refractivity contribution in [2.75, 3.05) is 36.1 Å². The third-order valence-corrected chi connectivity index (χ3v) is 5.49. The van der Waals surface area contributed by atoms with Crippen LogP contribution in [0.25, 0.3) is 0 Å². The number of halogens is 4. The van der Waals surface area contributed by atoms with Crippen LogP contribution in [0.2, 0.25) is 5.02 Å². The molecule has 0 fully saturated rings.